The summed E-state index contributed by atoms with van der Waals surface area (Å²) in [5, 5.41) is 8.28. The van der Waals surface area contributed by atoms with E-state index in [1.807, 2.05) is 48.0 Å². The molecule has 3 N–H and O–H groups in total. The number of pyridine rings is 1. The number of hydrogen-bond acceptors (Lipinski definition) is 4. The molecule has 6 heteroatoms. The summed E-state index contributed by atoms with van der Waals surface area (Å²) in [6.07, 6.45) is 4.00. The van der Waals surface area contributed by atoms with Crippen LogP contribution in [0.3, 0.4) is 0 Å². The van der Waals surface area contributed by atoms with Crippen molar-refractivity contribution in [2.24, 2.45) is 11.7 Å². The van der Waals surface area contributed by atoms with Crippen LogP contribution >= 0.6 is 0 Å². The summed E-state index contributed by atoms with van der Waals surface area (Å²) in [7, 11) is 0. The van der Waals surface area contributed by atoms with Crippen LogP contribution in [-0.2, 0) is 6.54 Å². The average molecular weight is 349 g/mol. The molecule has 0 radical (unpaired) electrons. The second kappa shape index (κ2) is 6.88. The normalized spacial score (nSPS) is 15.2. The Morgan fingerprint density at radius 1 is 1.35 bits per heavy atom. The fourth-order valence-corrected chi connectivity index (χ4v) is 3.34. The first-order chi connectivity index (χ1) is 12.7. The van der Waals surface area contributed by atoms with Crippen molar-refractivity contribution in [2.75, 3.05) is 6.54 Å². The predicted octanol–water partition coefficient (Wildman–Crippen LogP) is 2.59. The molecular formula is C20H23N5O. The summed E-state index contributed by atoms with van der Waals surface area (Å²) in [6, 6.07) is 11.8. The second-order valence-corrected chi connectivity index (χ2v) is 6.77. The highest BCUT2D eigenvalue weighted by atomic mass is 16.1. The highest BCUT2D eigenvalue weighted by molar-refractivity contribution is 6.06. The zero-order valence-corrected chi connectivity index (χ0v) is 14.9. The van der Waals surface area contributed by atoms with Crippen molar-refractivity contribution in [1.82, 2.24) is 20.1 Å². The number of amides is 1. The van der Waals surface area contributed by atoms with Crippen LogP contribution < -0.4 is 11.1 Å². The molecule has 3 aromatic rings. The maximum absolute atomic E-state index is 13.0. The maximum Gasteiger partial charge on any atom is 0.252 e. The monoisotopic (exact) mass is 349 g/mol. The lowest BCUT2D eigenvalue weighted by atomic mass is 10.1. The Balaban J connectivity index is 1.79. The van der Waals surface area contributed by atoms with Crippen LogP contribution in [0.25, 0.3) is 22.3 Å². The molecule has 1 saturated carbocycles. The molecule has 4 rings (SSSR count). The molecule has 1 fully saturated rings. The summed E-state index contributed by atoms with van der Waals surface area (Å²) >= 11 is 0. The summed E-state index contributed by atoms with van der Waals surface area (Å²) in [4.78, 5) is 17.8. The number of carbonyl (C=O) groups excluding carboxylic acids is 1. The summed E-state index contributed by atoms with van der Waals surface area (Å²) in [5.41, 5.74) is 8.94. The maximum atomic E-state index is 13.0. The summed E-state index contributed by atoms with van der Waals surface area (Å²) < 4.78 is 1.82. The van der Waals surface area contributed by atoms with E-state index in [1.54, 1.807) is 6.20 Å². The first-order valence-electron chi connectivity index (χ1n) is 9.14. The zero-order valence-electron chi connectivity index (χ0n) is 14.9. The van der Waals surface area contributed by atoms with Gasteiger partial charge in [0.15, 0.2) is 5.65 Å². The minimum atomic E-state index is -0.104. The SMILES string of the molecule is CCn1ncc2c(C(=O)NC(CN)C3CC3)cc(-c3ccccc3)nc21. The fraction of sp³-hybridized carbons (Fsp3) is 0.350. The van der Waals surface area contributed by atoms with Crippen LogP contribution in [0, 0.1) is 5.92 Å². The van der Waals surface area contributed by atoms with Crippen molar-refractivity contribution in [3.8, 4) is 11.3 Å². The molecule has 1 aliphatic rings. The largest absolute Gasteiger partial charge is 0.348 e. The fourth-order valence-electron chi connectivity index (χ4n) is 3.34. The van der Waals surface area contributed by atoms with Crippen LogP contribution in [0.5, 0.6) is 0 Å². The van der Waals surface area contributed by atoms with Gasteiger partial charge < -0.3 is 11.1 Å². The van der Waals surface area contributed by atoms with Crippen LogP contribution in [0.4, 0.5) is 0 Å². The van der Waals surface area contributed by atoms with Gasteiger partial charge >= 0.3 is 0 Å². The Kier molecular flexibility index (Phi) is 4.42. The molecule has 0 spiro atoms. The van der Waals surface area contributed by atoms with Crippen molar-refractivity contribution in [2.45, 2.75) is 32.4 Å². The van der Waals surface area contributed by atoms with Gasteiger partial charge in [-0.3, -0.25) is 4.79 Å². The highest BCUT2D eigenvalue weighted by Crippen LogP contribution is 2.32. The Morgan fingerprint density at radius 2 is 2.12 bits per heavy atom. The van der Waals surface area contributed by atoms with Crippen molar-refractivity contribution in [1.29, 1.82) is 0 Å². The molecule has 1 aromatic carbocycles. The van der Waals surface area contributed by atoms with Gasteiger partial charge in [-0.05, 0) is 31.7 Å². The summed E-state index contributed by atoms with van der Waals surface area (Å²) in [5.74, 6) is 0.404. The highest BCUT2D eigenvalue weighted by Gasteiger charge is 2.32. The summed E-state index contributed by atoms with van der Waals surface area (Å²) in [6.45, 7) is 3.17. The lowest BCUT2D eigenvalue weighted by Gasteiger charge is -2.17. The number of fused-ring (bicyclic) bond motifs is 1. The number of aryl methyl sites for hydroxylation is 1. The van der Waals surface area contributed by atoms with Gasteiger partial charge in [-0.2, -0.15) is 5.10 Å². The third kappa shape index (κ3) is 3.08. The Morgan fingerprint density at radius 3 is 2.77 bits per heavy atom. The number of hydrogen-bond donors (Lipinski definition) is 2. The Hall–Kier alpha value is -2.73. The van der Waals surface area contributed by atoms with Gasteiger partial charge in [0.25, 0.3) is 5.91 Å². The Bertz CT molecular complexity index is 930. The zero-order chi connectivity index (χ0) is 18.1. The molecule has 1 amide bonds. The van der Waals surface area contributed by atoms with Gasteiger partial charge in [0, 0.05) is 24.7 Å². The van der Waals surface area contributed by atoms with Crippen molar-refractivity contribution < 1.29 is 4.79 Å². The molecule has 1 unspecified atom stereocenters. The number of nitrogens with one attached hydrogen (secondary N) is 1. The molecular weight excluding hydrogens is 326 g/mol. The van der Waals surface area contributed by atoms with Gasteiger partial charge in [0.2, 0.25) is 0 Å². The Labute approximate surface area is 152 Å². The first-order valence-corrected chi connectivity index (χ1v) is 9.14. The van der Waals surface area contributed by atoms with Gasteiger partial charge in [-0.25, -0.2) is 9.67 Å². The van der Waals surface area contributed by atoms with E-state index in [0.29, 0.717) is 24.6 Å². The average Bonchev–Trinajstić information content (AvgIpc) is 3.44. The second-order valence-electron chi connectivity index (χ2n) is 6.77. The first kappa shape index (κ1) is 16.7. The number of nitrogens with zero attached hydrogens (tertiary/aromatic N) is 3. The van der Waals surface area contributed by atoms with E-state index < -0.39 is 0 Å². The van der Waals surface area contributed by atoms with E-state index in [4.69, 9.17) is 10.7 Å². The third-order valence-electron chi connectivity index (χ3n) is 4.98. The van der Waals surface area contributed by atoms with E-state index in [0.717, 1.165) is 35.1 Å². The van der Waals surface area contributed by atoms with Gasteiger partial charge in [0.05, 0.1) is 22.8 Å². The van der Waals surface area contributed by atoms with E-state index in [2.05, 4.69) is 10.4 Å². The lowest BCUT2D eigenvalue weighted by molar-refractivity contribution is 0.0935. The molecule has 0 bridgehead atoms. The van der Waals surface area contributed by atoms with E-state index in [1.165, 1.54) is 0 Å². The number of carbonyl (C=O) groups is 1. The van der Waals surface area contributed by atoms with E-state index in [9.17, 15) is 4.79 Å². The molecule has 2 aromatic heterocycles. The molecule has 2 heterocycles. The number of rotatable bonds is 6. The minimum Gasteiger partial charge on any atom is -0.348 e. The minimum absolute atomic E-state index is 0.0344. The third-order valence-corrected chi connectivity index (χ3v) is 4.98. The van der Waals surface area contributed by atoms with Crippen molar-refractivity contribution in [3.63, 3.8) is 0 Å². The molecule has 6 nitrogen and oxygen atoms in total. The van der Waals surface area contributed by atoms with Crippen molar-refractivity contribution in [3.05, 3.63) is 48.2 Å². The van der Waals surface area contributed by atoms with E-state index >= 15 is 0 Å². The van der Waals surface area contributed by atoms with Gasteiger partial charge in [0.1, 0.15) is 0 Å². The van der Waals surface area contributed by atoms with Gasteiger partial charge in [-0.15, -0.1) is 0 Å². The van der Waals surface area contributed by atoms with Crippen molar-refractivity contribution >= 4 is 16.9 Å². The molecule has 134 valence electrons. The smallest absolute Gasteiger partial charge is 0.252 e. The van der Waals surface area contributed by atoms with Gasteiger partial charge in [-0.1, -0.05) is 30.3 Å². The topological polar surface area (TPSA) is 85.8 Å². The number of benzene rings is 1. The number of aromatic nitrogens is 3. The molecule has 26 heavy (non-hydrogen) atoms. The predicted molar refractivity (Wildman–Crippen MR) is 102 cm³/mol. The lowest BCUT2D eigenvalue weighted by Crippen LogP contribution is -2.41. The van der Waals surface area contributed by atoms with Crippen LogP contribution in [0.2, 0.25) is 0 Å². The molecule has 0 saturated heterocycles. The molecule has 1 atom stereocenters. The van der Waals surface area contributed by atoms with Crippen LogP contribution in [0.15, 0.2) is 42.6 Å². The molecule has 0 aliphatic heterocycles. The quantitative estimate of drug-likeness (QED) is 0.716. The van der Waals surface area contributed by atoms with E-state index in [-0.39, 0.29) is 11.9 Å². The van der Waals surface area contributed by atoms with Crippen LogP contribution in [0.1, 0.15) is 30.1 Å². The standard InChI is InChI=1S/C20H23N5O/c1-2-25-19-16(12-22-25)15(20(26)24-18(11-21)14-8-9-14)10-17(23-19)13-6-4-3-5-7-13/h3-7,10,12,14,18H,2,8-9,11,21H2,1H3,(H,24,26). The number of nitrogens with two attached hydrogens (primary N) is 1. The molecule has 1 aliphatic carbocycles. The van der Waals surface area contributed by atoms with Crippen LogP contribution in [-0.4, -0.2) is 33.3 Å².